The average Bonchev–Trinajstić information content (AvgIpc) is 2.98. The summed E-state index contributed by atoms with van der Waals surface area (Å²) in [5.74, 6) is -0.668. The van der Waals surface area contributed by atoms with E-state index in [1.54, 1.807) is 48.5 Å². The van der Waals surface area contributed by atoms with Crippen molar-refractivity contribution in [2.75, 3.05) is 11.9 Å². The summed E-state index contributed by atoms with van der Waals surface area (Å²) in [5, 5.41) is 0. The zero-order valence-electron chi connectivity index (χ0n) is 15.4. The van der Waals surface area contributed by atoms with Crippen LogP contribution in [0.4, 0.5) is 5.69 Å². The van der Waals surface area contributed by atoms with Crippen LogP contribution in [0.1, 0.15) is 63.2 Å². The zero-order chi connectivity index (χ0) is 19.0. The average molecular weight is 362 g/mol. The minimum Gasteiger partial charge on any atom is -0.339 e. The third-order valence-corrected chi connectivity index (χ3v) is 5.61. The third kappa shape index (κ3) is 3.03. The largest absolute Gasteiger partial charge is 0.339 e. The van der Waals surface area contributed by atoms with Gasteiger partial charge in [-0.25, -0.2) is 4.90 Å². The molecule has 0 unspecified atom stereocenters. The minimum atomic E-state index is -0.325. The van der Waals surface area contributed by atoms with E-state index in [4.69, 9.17) is 0 Å². The van der Waals surface area contributed by atoms with Gasteiger partial charge in [0.05, 0.1) is 16.8 Å². The lowest BCUT2D eigenvalue weighted by Crippen LogP contribution is -2.38. The van der Waals surface area contributed by atoms with Crippen molar-refractivity contribution in [1.82, 2.24) is 4.90 Å². The number of hydrogen-bond donors (Lipinski definition) is 0. The number of fused-ring (bicyclic) bond motifs is 1. The van der Waals surface area contributed by atoms with E-state index in [-0.39, 0.29) is 17.7 Å². The second kappa shape index (κ2) is 6.99. The normalized spacial score (nSPS) is 17.1. The number of rotatable bonds is 3. The molecule has 0 atom stereocenters. The Bertz CT molecular complexity index is 863. The van der Waals surface area contributed by atoms with Gasteiger partial charge in [-0.3, -0.25) is 14.4 Å². The van der Waals surface area contributed by atoms with Gasteiger partial charge < -0.3 is 4.90 Å². The smallest absolute Gasteiger partial charge is 0.266 e. The second-order valence-corrected chi connectivity index (χ2v) is 7.25. The van der Waals surface area contributed by atoms with E-state index in [9.17, 15) is 14.4 Å². The maximum absolute atomic E-state index is 12.8. The number of amides is 3. The third-order valence-electron chi connectivity index (χ3n) is 5.61. The number of hydrogen-bond acceptors (Lipinski definition) is 3. The Morgan fingerprint density at radius 1 is 0.889 bits per heavy atom. The second-order valence-electron chi connectivity index (χ2n) is 7.25. The van der Waals surface area contributed by atoms with Crippen molar-refractivity contribution in [2.24, 2.45) is 0 Å². The molecule has 5 nitrogen and oxygen atoms in total. The van der Waals surface area contributed by atoms with Crippen molar-refractivity contribution < 1.29 is 14.4 Å². The molecule has 0 aromatic heterocycles. The summed E-state index contributed by atoms with van der Waals surface area (Å²) in [4.78, 5) is 40.9. The number of imide groups is 1. The van der Waals surface area contributed by atoms with Crippen LogP contribution in [0.5, 0.6) is 0 Å². The van der Waals surface area contributed by atoms with E-state index in [1.807, 2.05) is 11.9 Å². The van der Waals surface area contributed by atoms with Crippen molar-refractivity contribution >= 4 is 23.4 Å². The summed E-state index contributed by atoms with van der Waals surface area (Å²) < 4.78 is 0. The van der Waals surface area contributed by atoms with Gasteiger partial charge in [-0.05, 0) is 49.2 Å². The number of benzene rings is 2. The summed E-state index contributed by atoms with van der Waals surface area (Å²) in [7, 11) is 1.86. The Morgan fingerprint density at radius 3 is 2.00 bits per heavy atom. The molecule has 0 N–H and O–H groups in total. The standard InChI is InChI=1S/C22H22N2O3/c1-23(16-7-3-2-4-8-16)20(25)15-11-13-17(14-12-15)24-21(26)18-9-5-6-10-19(18)22(24)27/h5-6,9-14,16H,2-4,7-8H2,1H3. The Morgan fingerprint density at radius 2 is 1.44 bits per heavy atom. The van der Waals surface area contributed by atoms with Crippen molar-refractivity contribution in [3.63, 3.8) is 0 Å². The van der Waals surface area contributed by atoms with E-state index in [0.29, 0.717) is 28.4 Å². The van der Waals surface area contributed by atoms with Gasteiger partial charge in [0.25, 0.3) is 17.7 Å². The molecule has 1 aliphatic carbocycles. The zero-order valence-corrected chi connectivity index (χ0v) is 15.4. The molecule has 0 bridgehead atoms. The Kier molecular flexibility index (Phi) is 4.52. The molecular weight excluding hydrogens is 340 g/mol. The Labute approximate surface area is 158 Å². The van der Waals surface area contributed by atoms with Gasteiger partial charge in [-0.2, -0.15) is 0 Å². The summed E-state index contributed by atoms with van der Waals surface area (Å²) in [6.07, 6.45) is 5.68. The van der Waals surface area contributed by atoms with Crippen molar-refractivity contribution in [3.05, 3.63) is 65.2 Å². The molecule has 3 amide bonds. The SMILES string of the molecule is CN(C(=O)c1ccc(N2C(=O)c3ccccc3C2=O)cc1)C1CCCCC1. The van der Waals surface area contributed by atoms with Gasteiger partial charge in [0.1, 0.15) is 0 Å². The van der Waals surface area contributed by atoms with Crippen LogP contribution >= 0.6 is 0 Å². The predicted octanol–water partition coefficient (Wildman–Crippen LogP) is 3.89. The Hall–Kier alpha value is -2.95. The number of carbonyl (C=O) groups excluding carboxylic acids is 3. The van der Waals surface area contributed by atoms with Gasteiger partial charge in [0.2, 0.25) is 0 Å². The lowest BCUT2D eigenvalue weighted by molar-refractivity contribution is 0.0696. The molecule has 0 spiro atoms. The van der Waals surface area contributed by atoms with Crippen molar-refractivity contribution in [2.45, 2.75) is 38.1 Å². The highest BCUT2D eigenvalue weighted by molar-refractivity contribution is 6.34. The van der Waals surface area contributed by atoms with E-state index in [1.165, 1.54) is 24.2 Å². The fourth-order valence-corrected chi connectivity index (χ4v) is 4.01. The van der Waals surface area contributed by atoms with E-state index >= 15 is 0 Å². The van der Waals surface area contributed by atoms with Crippen molar-refractivity contribution in [1.29, 1.82) is 0 Å². The maximum atomic E-state index is 12.8. The first-order valence-electron chi connectivity index (χ1n) is 9.43. The van der Waals surface area contributed by atoms with Crippen LogP contribution in [0.15, 0.2) is 48.5 Å². The molecule has 2 aromatic carbocycles. The van der Waals surface area contributed by atoms with Crippen LogP contribution in [0, 0.1) is 0 Å². The van der Waals surface area contributed by atoms with Crippen LogP contribution in [-0.2, 0) is 0 Å². The molecule has 27 heavy (non-hydrogen) atoms. The maximum Gasteiger partial charge on any atom is 0.266 e. The van der Waals surface area contributed by atoms with Crippen LogP contribution in [0.25, 0.3) is 0 Å². The van der Waals surface area contributed by atoms with Gasteiger partial charge in [-0.1, -0.05) is 31.4 Å². The number of anilines is 1. The summed E-state index contributed by atoms with van der Waals surface area (Å²) in [6.45, 7) is 0. The fraction of sp³-hybridized carbons (Fsp3) is 0.318. The highest BCUT2D eigenvalue weighted by atomic mass is 16.2. The predicted molar refractivity (Wildman–Crippen MR) is 103 cm³/mol. The molecule has 138 valence electrons. The van der Waals surface area contributed by atoms with Gasteiger partial charge in [0.15, 0.2) is 0 Å². The molecule has 2 aromatic rings. The summed E-state index contributed by atoms with van der Waals surface area (Å²) >= 11 is 0. The first-order valence-corrected chi connectivity index (χ1v) is 9.43. The highest BCUT2D eigenvalue weighted by Gasteiger charge is 2.36. The monoisotopic (exact) mass is 362 g/mol. The van der Waals surface area contributed by atoms with Gasteiger partial charge in [0, 0.05) is 18.7 Å². The Balaban J connectivity index is 1.54. The minimum absolute atomic E-state index is 0.0178. The highest BCUT2D eigenvalue weighted by Crippen LogP contribution is 2.29. The quantitative estimate of drug-likeness (QED) is 0.778. The molecule has 4 rings (SSSR count). The number of nitrogens with zero attached hydrogens (tertiary/aromatic N) is 2. The van der Waals surface area contributed by atoms with Gasteiger partial charge >= 0.3 is 0 Å². The van der Waals surface area contributed by atoms with Crippen LogP contribution in [-0.4, -0.2) is 35.7 Å². The first kappa shape index (κ1) is 17.5. The van der Waals surface area contributed by atoms with Crippen LogP contribution in [0.2, 0.25) is 0 Å². The lowest BCUT2D eigenvalue weighted by Gasteiger charge is -2.31. The van der Waals surface area contributed by atoms with Crippen LogP contribution < -0.4 is 4.90 Å². The van der Waals surface area contributed by atoms with Gasteiger partial charge in [-0.15, -0.1) is 0 Å². The fourth-order valence-electron chi connectivity index (χ4n) is 4.01. The lowest BCUT2D eigenvalue weighted by atomic mass is 9.94. The molecule has 2 aliphatic rings. The first-order chi connectivity index (χ1) is 13.1. The van der Waals surface area contributed by atoms with Crippen LogP contribution in [0.3, 0.4) is 0 Å². The number of carbonyl (C=O) groups is 3. The molecule has 5 heteroatoms. The molecule has 1 aliphatic heterocycles. The molecule has 1 fully saturated rings. The summed E-state index contributed by atoms with van der Waals surface area (Å²) in [6, 6.07) is 13.8. The molecule has 0 saturated heterocycles. The van der Waals surface area contributed by atoms with E-state index in [0.717, 1.165) is 12.8 Å². The molecule has 1 heterocycles. The molecule has 1 saturated carbocycles. The topological polar surface area (TPSA) is 57.7 Å². The van der Waals surface area contributed by atoms with E-state index < -0.39 is 0 Å². The van der Waals surface area contributed by atoms with E-state index in [2.05, 4.69) is 0 Å². The molecule has 0 radical (unpaired) electrons. The summed E-state index contributed by atoms with van der Waals surface area (Å²) in [5.41, 5.74) is 1.89. The van der Waals surface area contributed by atoms with Crippen molar-refractivity contribution in [3.8, 4) is 0 Å². The molecular formula is C22H22N2O3.